The molecule has 3 aromatic carbocycles. The van der Waals surface area contributed by atoms with Gasteiger partial charge in [0.1, 0.15) is 18.2 Å². The molecular weight excluding hydrogens is 532 g/mol. The Morgan fingerprint density at radius 3 is 2.08 bits per heavy atom. The number of rotatable bonds is 8. The molecular formula is C24H14F8N2O4. The van der Waals surface area contributed by atoms with Crippen molar-refractivity contribution in [1.29, 1.82) is 5.26 Å². The molecule has 0 aromatic heterocycles. The van der Waals surface area contributed by atoms with Gasteiger partial charge in [-0.1, -0.05) is 0 Å². The van der Waals surface area contributed by atoms with E-state index < -0.39 is 76.5 Å². The number of hydrogen-bond acceptors (Lipinski definition) is 5. The van der Waals surface area contributed by atoms with Crippen LogP contribution in [-0.4, -0.2) is 24.4 Å². The maximum atomic E-state index is 14.0. The summed E-state index contributed by atoms with van der Waals surface area (Å²) in [5, 5.41) is 11.8. The molecule has 0 aliphatic carbocycles. The van der Waals surface area contributed by atoms with E-state index in [0.717, 1.165) is 31.2 Å². The normalized spacial score (nSPS) is 12.7. The van der Waals surface area contributed by atoms with Crippen LogP contribution in [0.5, 0.6) is 23.0 Å². The molecule has 0 heterocycles. The van der Waals surface area contributed by atoms with Crippen LogP contribution in [0.4, 0.5) is 35.1 Å². The first kappa shape index (κ1) is 28.0. The predicted octanol–water partition coefficient (Wildman–Crippen LogP) is 6.16. The van der Waals surface area contributed by atoms with Crippen LogP contribution in [0, 0.1) is 40.4 Å². The standard InChI is InChI=1S/C24H14F8N2O4/c1-23(10-33,34-22(35)12-2-4-14(5-3-12)38-24(30,31)32)11-36-18-8-15(26)16(27)9-19(18)37-20-7-13(25)6-17(28)21(20)29/h2-9H,11H2,1H3,(H,34,35). The van der Waals surface area contributed by atoms with E-state index in [1.807, 2.05) is 0 Å². The Kier molecular flexibility index (Phi) is 7.99. The topological polar surface area (TPSA) is 80.6 Å². The van der Waals surface area contributed by atoms with Crippen molar-refractivity contribution in [3.05, 3.63) is 83.2 Å². The predicted molar refractivity (Wildman–Crippen MR) is 113 cm³/mol. The van der Waals surface area contributed by atoms with Crippen molar-refractivity contribution in [3.8, 4) is 29.1 Å². The van der Waals surface area contributed by atoms with Crippen LogP contribution in [0.1, 0.15) is 17.3 Å². The molecule has 6 nitrogen and oxygen atoms in total. The second kappa shape index (κ2) is 10.8. The van der Waals surface area contributed by atoms with Crippen molar-refractivity contribution in [2.75, 3.05) is 6.61 Å². The van der Waals surface area contributed by atoms with Crippen molar-refractivity contribution in [1.82, 2.24) is 5.32 Å². The van der Waals surface area contributed by atoms with Crippen molar-refractivity contribution in [2.24, 2.45) is 0 Å². The summed E-state index contributed by atoms with van der Waals surface area (Å²) in [7, 11) is 0. The van der Waals surface area contributed by atoms with E-state index in [9.17, 15) is 45.2 Å². The minimum absolute atomic E-state index is 0.165. The van der Waals surface area contributed by atoms with E-state index in [-0.39, 0.29) is 11.6 Å². The number of carbonyl (C=O) groups is 1. The van der Waals surface area contributed by atoms with E-state index in [2.05, 4.69) is 10.1 Å². The molecule has 1 unspecified atom stereocenters. The van der Waals surface area contributed by atoms with Gasteiger partial charge in [0.05, 0.1) is 6.07 Å². The third-order valence-corrected chi connectivity index (χ3v) is 4.67. The van der Waals surface area contributed by atoms with Gasteiger partial charge in [0.2, 0.25) is 5.82 Å². The third-order valence-electron chi connectivity index (χ3n) is 4.67. The lowest BCUT2D eigenvalue weighted by Gasteiger charge is -2.24. The van der Waals surface area contributed by atoms with E-state index in [1.165, 1.54) is 0 Å². The summed E-state index contributed by atoms with van der Waals surface area (Å²) < 4.78 is 119. The minimum Gasteiger partial charge on any atom is -0.486 e. The highest BCUT2D eigenvalue weighted by Gasteiger charge is 2.32. The van der Waals surface area contributed by atoms with Crippen LogP contribution < -0.4 is 19.5 Å². The Labute approximate surface area is 209 Å². The van der Waals surface area contributed by atoms with Gasteiger partial charge in [-0.3, -0.25) is 4.79 Å². The molecule has 3 rings (SSSR count). The molecule has 0 radical (unpaired) electrons. The minimum atomic E-state index is -4.95. The largest absolute Gasteiger partial charge is 0.573 e. The molecule has 0 aliphatic heterocycles. The Morgan fingerprint density at radius 2 is 1.50 bits per heavy atom. The van der Waals surface area contributed by atoms with Crippen LogP contribution in [0.2, 0.25) is 0 Å². The van der Waals surface area contributed by atoms with Crippen LogP contribution in [0.3, 0.4) is 0 Å². The van der Waals surface area contributed by atoms with Crippen LogP contribution in [0.25, 0.3) is 0 Å². The SMILES string of the molecule is CC(C#N)(COc1cc(F)c(F)cc1Oc1cc(F)cc(F)c1F)NC(=O)c1ccc(OC(F)(F)F)cc1. The monoisotopic (exact) mass is 546 g/mol. The summed E-state index contributed by atoms with van der Waals surface area (Å²) in [4.78, 5) is 12.5. The maximum absolute atomic E-state index is 14.0. The van der Waals surface area contributed by atoms with Crippen LogP contribution in [-0.2, 0) is 0 Å². The quantitative estimate of drug-likeness (QED) is 0.270. The fourth-order valence-corrected chi connectivity index (χ4v) is 2.88. The van der Waals surface area contributed by atoms with Gasteiger partial charge < -0.3 is 19.5 Å². The number of hydrogen-bond donors (Lipinski definition) is 1. The second-order valence-electron chi connectivity index (χ2n) is 7.77. The zero-order chi connectivity index (χ0) is 28.3. The van der Waals surface area contributed by atoms with Gasteiger partial charge in [-0.2, -0.15) is 9.65 Å². The molecule has 0 bridgehead atoms. The highest BCUT2D eigenvalue weighted by molar-refractivity contribution is 5.95. The van der Waals surface area contributed by atoms with Gasteiger partial charge in [0.15, 0.2) is 40.2 Å². The number of alkyl halides is 3. The molecule has 1 amide bonds. The number of ether oxygens (including phenoxy) is 3. The fourth-order valence-electron chi connectivity index (χ4n) is 2.88. The van der Waals surface area contributed by atoms with Crippen LogP contribution in [0.15, 0.2) is 48.5 Å². The average molecular weight is 546 g/mol. The van der Waals surface area contributed by atoms with Crippen molar-refractivity contribution in [2.45, 2.75) is 18.8 Å². The Morgan fingerprint density at radius 1 is 0.895 bits per heavy atom. The first-order chi connectivity index (χ1) is 17.7. The molecule has 200 valence electrons. The molecule has 0 spiro atoms. The van der Waals surface area contributed by atoms with Gasteiger partial charge in [0.25, 0.3) is 5.91 Å². The zero-order valence-electron chi connectivity index (χ0n) is 18.9. The van der Waals surface area contributed by atoms with Crippen molar-refractivity contribution < 1.29 is 54.1 Å². The second-order valence-corrected chi connectivity index (χ2v) is 7.77. The lowest BCUT2D eigenvalue weighted by Crippen LogP contribution is -2.49. The van der Waals surface area contributed by atoms with E-state index in [4.69, 9.17) is 9.47 Å². The highest BCUT2D eigenvalue weighted by Crippen LogP contribution is 2.36. The maximum Gasteiger partial charge on any atom is 0.573 e. The summed E-state index contributed by atoms with van der Waals surface area (Å²) in [6.07, 6.45) is -4.95. The van der Waals surface area contributed by atoms with Gasteiger partial charge in [0, 0.05) is 29.8 Å². The molecule has 14 heteroatoms. The lowest BCUT2D eigenvalue weighted by atomic mass is 10.0. The Balaban J connectivity index is 1.78. The number of nitrogens with zero attached hydrogens (tertiary/aromatic N) is 1. The molecule has 1 N–H and O–H groups in total. The van der Waals surface area contributed by atoms with Crippen LogP contribution >= 0.6 is 0 Å². The number of nitriles is 1. The van der Waals surface area contributed by atoms with Gasteiger partial charge in [-0.15, -0.1) is 13.2 Å². The number of carbonyl (C=O) groups excluding carboxylic acids is 1. The Bertz CT molecular complexity index is 1390. The summed E-state index contributed by atoms with van der Waals surface area (Å²) in [6, 6.07) is 6.94. The number of nitrogens with one attached hydrogen (secondary N) is 1. The first-order valence-corrected chi connectivity index (χ1v) is 10.2. The molecule has 1 atom stereocenters. The summed E-state index contributed by atoms with van der Waals surface area (Å²) in [5.74, 6) is -11.3. The van der Waals surface area contributed by atoms with Crippen molar-refractivity contribution in [3.63, 3.8) is 0 Å². The Hall–Kier alpha value is -4.54. The van der Waals surface area contributed by atoms with Gasteiger partial charge in [-0.25, -0.2) is 17.6 Å². The summed E-state index contributed by atoms with van der Waals surface area (Å²) in [6.45, 7) is 0.417. The highest BCUT2D eigenvalue weighted by atomic mass is 19.4. The van der Waals surface area contributed by atoms with Gasteiger partial charge >= 0.3 is 6.36 Å². The number of amides is 1. The van der Waals surface area contributed by atoms with E-state index in [0.29, 0.717) is 18.2 Å². The number of benzene rings is 3. The summed E-state index contributed by atoms with van der Waals surface area (Å²) >= 11 is 0. The smallest absolute Gasteiger partial charge is 0.486 e. The fraction of sp³-hybridized carbons (Fsp3) is 0.167. The molecule has 0 saturated heterocycles. The molecule has 0 fully saturated rings. The van der Waals surface area contributed by atoms with Gasteiger partial charge in [-0.05, 0) is 31.2 Å². The first-order valence-electron chi connectivity index (χ1n) is 10.2. The third kappa shape index (κ3) is 7.02. The molecule has 3 aromatic rings. The average Bonchev–Trinajstić information content (AvgIpc) is 2.83. The van der Waals surface area contributed by atoms with Crippen molar-refractivity contribution >= 4 is 5.91 Å². The lowest BCUT2D eigenvalue weighted by molar-refractivity contribution is -0.274. The summed E-state index contributed by atoms with van der Waals surface area (Å²) in [5.41, 5.74) is -2.03. The zero-order valence-corrected chi connectivity index (χ0v) is 18.9. The molecule has 0 aliphatic rings. The molecule has 38 heavy (non-hydrogen) atoms. The van der Waals surface area contributed by atoms with E-state index in [1.54, 1.807) is 6.07 Å². The number of halogens is 8. The van der Waals surface area contributed by atoms with E-state index >= 15 is 0 Å². The molecule has 0 saturated carbocycles.